The topological polar surface area (TPSA) is 32.3 Å². The van der Waals surface area contributed by atoms with Gasteiger partial charge < -0.3 is 5.32 Å². The second-order valence-corrected chi connectivity index (χ2v) is 5.24. The Kier molecular flexibility index (Phi) is 4.04. The van der Waals surface area contributed by atoms with Crippen LogP contribution in [0.25, 0.3) is 0 Å². The minimum absolute atomic E-state index is 0.0261. The molecule has 0 saturated carbocycles. The van der Waals surface area contributed by atoms with Gasteiger partial charge in [0.2, 0.25) is 5.91 Å². The number of fused-ring (bicyclic) bond motifs is 1. The van der Waals surface area contributed by atoms with Gasteiger partial charge in [-0.2, -0.15) is 0 Å². The first-order valence-electron chi connectivity index (χ1n) is 5.98. The number of anilines is 1. The zero-order valence-corrected chi connectivity index (χ0v) is 11.4. The third-order valence-electron chi connectivity index (χ3n) is 2.86. The molecule has 1 aromatic rings. The Bertz CT molecular complexity index is 493. The molecule has 1 aliphatic rings. The highest BCUT2D eigenvalue weighted by atomic mass is 35.5. The number of allylic oxidation sites excluding steroid dienone is 1. The van der Waals surface area contributed by atoms with Crippen LogP contribution in [0, 0.1) is 0 Å². The lowest BCUT2D eigenvalue weighted by molar-refractivity contribution is -0.117. The Balaban J connectivity index is 2.22. The summed E-state index contributed by atoms with van der Waals surface area (Å²) in [5.74, 6) is 0.0261. The maximum absolute atomic E-state index is 11.8. The molecule has 1 aliphatic heterocycles. The Morgan fingerprint density at radius 2 is 2.22 bits per heavy atom. The van der Waals surface area contributed by atoms with Crippen LogP contribution in [-0.2, 0) is 11.3 Å². The lowest BCUT2D eigenvalue weighted by Gasteiger charge is -2.17. The van der Waals surface area contributed by atoms with Crippen LogP contribution in [0.15, 0.2) is 29.8 Å². The van der Waals surface area contributed by atoms with E-state index in [1.807, 2.05) is 12.1 Å². The average Bonchev–Trinajstić information content (AvgIpc) is 2.44. The van der Waals surface area contributed by atoms with E-state index in [1.165, 1.54) is 5.57 Å². The second-order valence-electron chi connectivity index (χ2n) is 4.80. The van der Waals surface area contributed by atoms with Crippen molar-refractivity contribution in [3.63, 3.8) is 0 Å². The van der Waals surface area contributed by atoms with Gasteiger partial charge >= 0.3 is 0 Å². The number of carbonyl (C=O) groups excluding carboxylic acids is 1. The molecular weight excluding hydrogens is 248 g/mol. The van der Waals surface area contributed by atoms with E-state index in [-0.39, 0.29) is 5.91 Å². The molecule has 4 heteroatoms. The number of halogens is 1. The summed E-state index contributed by atoms with van der Waals surface area (Å²) in [7, 11) is 0. The van der Waals surface area contributed by atoms with E-state index < -0.39 is 0 Å². The molecule has 2 rings (SSSR count). The number of hydrogen-bond acceptors (Lipinski definition) is 2. The minimum atomic E-state index is 0.0261. The molecule has 1 amide bonds. The van der Waals surface area contributed by atoms with Gasteiger partial charge in [-0.05, 0) is 37.6 Å². The summed E-state index contributed by atoms with van der Waals surface area (Å²) in [6.45, 7) is 6.04. The van der Waals surface area contributed by atoms with Gasteiger partial charge in [-0.15, -0.1) is 0 Å². The number of carbonyl (C=O) groups is 1. The van der Waals surface area contributed by atoms with Crippen LogP contribution in [0.1, 0.15) is 19.4 Å². The third-order valence-corrected chi connectivity index (χ3v) is 3.10. The summed E-state index contributed by atoms with van der Waals surface area (Å²) in [6, 6.07) is 5.57. The van der Waals surface area contributed by atoms with E-state index in [1.54, 1.807) is 6.07 Å². The number of nitrogens with zero attached hydrogens (tertiary/aromatic N) is 1. The van der Waals surface area contributed by atoms with E-state index in [0.717, 1.165) is 24.3 Å². The van der Waals surface area contributed by atoms with E-state index in [2.05, 4.69) is 30.1 Å². The van der Waals surface area contributed by atoms with Gasteiger partial charge in [-0.3, -0.25) is 9.69 Å². The SMILES string of the molecule is CC(C)=CCN1CC(=O)Nc2ccc(Cl)cc2C1. The van der Waals surface area contributed by atoms with Crippen molar-refractivity contribution in [3.05, 3.63) is 40.4 Å². The zero-order valence-electron chi connectivity index (χ0n) is 10.7. The normalized spacial score (nSPS) is 15.6. The summed E-state index contributed by atoms with van der Waals surface area (Å²) in [6.07, 6.45) is 2.13. The van der Waals surface area contributed by atoms with Crippen molar-refractivity contribution in [2.45, 2.75) is 20.4 Å². The highest BCUT2D eigenvalue weighted by molar-refractivity contribution is 6.30. The number of rotatable bonds is 2. The summed E-state index contributed by atoms with van der Waals surface area (Å²) < 4.78 is 0. The molecule has 1 heterocycles. The zero-order chi connectivity index (χ0) is 13.1. The highest BCUT2D eigenvalue weighted by Gasteiger charge is 2.18. The molecule has 0 radical (unpaired) electrons. The summed E-state index contributed by atoms with van der Waals surface area (Å²) in [4.78, 5) is 13.9. The standard InChI is InChI=1S/C14H17ClN2O/c1-10(2)5-6-17-8-11-7-12(15)3-4-13(11)16-14(18)9-17/h3-5,7H,6,8-9H2,1-2H3,(H,16,18). The molecule has 0 spiro atoms. The predicted octanol–water partition coefficient (Wildman–Crippen LogP) is 3.06. The van der Waals surface area contributed by atoms with Crippen LogP contribution in [0.2, 0.25) is 5.02 Å². The maximum atomic E-state index is 11.8. The fourth-order valence-electron chi connectivity index (χ4n) is 1.95. The van der Waals surface area contributed by atoms with Gasteiger partial charge in [-0.1, -0.05) is 23.3 Å². The molecule has 3 nitrogen and oxygen atoms in total. The van der Waals surface area contributed by atoms with Gasteiger partial charge in [0.1, 0.15) is 0 Å². The van der Waals surface area contributed by atoms with Crippen LogP contribution in [-0.4, -0.2) is 23.9 Å². The van der Waals surface area contributed by atoms with Crippen LogP contribution in [0.5, 0.6) is 0 Å². The number of benzene rings is 1. The van der Waals surface area contributed by atoms with Crippen molar-refractivity contribution < 1.29 is 4.79 Å². The molecule has 1 aromatic carbocycles. The van der Waals surface area contributed by atoms with Gasteiger partial charge in [0, 0.05) is 23.8 Å². The predicted molar refractivity (Wildman–Crippen MR) is 74.8 cm³/mol. The Morgan fingerprint density at radius 1 is 1.44 bits per heavy atom. The van der Waals surface area contributed by atoms with Crippen LogP contribution < -0.4 is 5.32 Å². The van der Waals surface area contributed by atoms with E-state index in [0.29, 0.717) is 11.6 Å². The molecule has 0 atom stereocenters. The van der Waals surface area contributed by atoms with E-state index in [4.69, 9.17) is 11.6 Å². The lowest BCUT2D eigenvalue weighted by atomic mass is 10.1. The smallest absolute Gasteiger partial charge is 0.238 e. The number of amides is 1. The fraction of sp³-hybridized carbons (Fsp3) is 0.357. The molecule has 18 heavy (non-hydrogen) atoms. The van der Waals surface area contributed by atoms with Gasteiger partial charge in [-0.25, -0.2) is 0 Å². The molecule has 1 N–H and O–H groups in total. The fourth-order valence-corrected chi connectivity index (χ4v) is 2.14. The Labute approximate surface area is 112 Å². The molecule has 0 fully saturated rings. The van der Waals surface area contributed by atoms with Crippen molar-refractivity contribution in [2.75, 3.05) is 18.4 Å². The first-order valence-corrected chi connectivity index (χ1v) is 6.36. The van der Waals surface area contributed by atoms with Crippen molar-refractivity contribution in [2.24, 2.45) is 0 Å². The van der Waals surface area contributed by atoms with Crippen LogP contribution in [0.3, 0.4) is 0 Å². The summed E-state index contributed by atoms with van der Waals surface area (Å²) in [5.41, 5.74) is 3.19. The largest absolute Gasteiger partial charge is 0.325 e. The Morgan fingerprint density at radius 3 is 2.94 bits per heavy atom. The van der Waals surface area contributed by atoms with E-state index in [9.17, 15) is 4.79 Å². The van der Waals surface area contributed by atoms with Crippen molar-refractivity contribution >= 4 is 23.2 Å². The molecule has 0 aliphatic carbocycles. The molecule has 0 aromatic heterocycles. The molecular formula is C14H17ClN2O. The first-order chi connectivity index (χ1) is 8.54. The second kappa shape index (κ2) is 5.55. The molecule has 0 saturated heterocycles. The molecule has 96 valence electrons. The quantitative estimate of drug-likeness (QED) is 0.833. The van der Waals surface area contributed by atoms with Crippen molar-refractivity contribution in [3.8, 4) is 0 Å². The van der Waals surface area contributed by atoms with Crippen LogP contribution >= 0.6 is 11.6 Å². The monoisotopic (exact) mass is 264 g/mol. The first kappa shape index (κ1) is 13.1. The summed E-state index contributed by atoms with van der Waals surface area (Å²) in [5, 5.41) is 3.61. The summed E-state index contributed by atoms with van der Waals surface area (Å²) >= 11 is 6.00. The Hall–Kier alpha value is -1.32. The lowest BCUT2D eigenvalue weighted by Crippen LogP contribution is -2.30. The molecule has 0 unspecified atom stereocenters. The number of nitrogens with one attached hydrogen (secondary N) is 1. The van der Waals surface area contributed by atoms with Gasteiger partial charge in [0.15, 0.2) is 0 Å². The minimum Gasteiger partial charge on any atom is -0.325 e. The molecule has 0 bridgehead atoms. The van der Waals surface area contributed by atoms with Gasteiger partial charge in [0.05, 0.1) is 6.54 Å². The average molecular weight is 265 g/mol. The third kappa shape index (κ3) is 3.34. The van der Waals surface area contributed by atoms with Crippen LogP contribution in [0.4, 0.5) is 5.69 Å². The highest BCUT2D eigenvalue weighted by Crippen LogP contribution is 2.24. The van der Waals surface area contributed by atoms with E-state index >= 15 is 0 Å². The van der Waals surface area contributed by atoms with Crippen molar-refractivity contribution in [1.82, 2.24) is 4.90 Å². The van der Waals surface area contributed by atoms with Gasteiger partial charge in [0.25, 0.3) is 0 Å². The van der Waals surface area contributed by atoms with Crippen molar-refractivity contribution in [1.29, 1.82) is 0 Å². The number of hydrogen-bond donors (Lipinski definition) is 1. The maximum Gasteiger partial charge on any atom is 0.238 e.